The van der Waals surface area contributed by atoms with Gasteiger partial charge in [-0.1, -0.05) is 38.1 Å². The maximum Gasteiger partial charge on any atom is 0.311 e. The first-order chi connectivity index (χ1) is 11.6. The Morgan fingerprint density at radius 2 is 2.12 bits per heavy atom. The summed E-state index contributed by atoms with van der Waals surface area (Å²) >= 11 is 1.41. The molecule has 128 valence electrons. The van der Waals surface area contributed by atoms with E-state index in [2.05, 4.69) is 53.6 Å². The number of esters is 1. The molecular formula is C18H23N3O2S. The predicted molar refractivity (Wildman–Crippen MR) is 98.7 cm³/mol. The third-order valence-electron chi connectivity index (χ3n) is 3.18. The van der Waals surface area contributed by atoms with E-state index in [0.717, 1.165) is 12.0 Å². The van der Waals surface area contributed by atoms with E-state index < -0.39 is 0 Å². The van der Waals surface area contributed by atoms with E-state index in [4.69, 9.17) is 4.74 Å². The minimum absolute atomic E-state index is 0.188. The van der Waals surface area contributed by atoms with Gasteiger partial charge in [-0.15, -0.1) is 11.3 Å². The Morgan fingerprint density at radius 1 is 1.38 bits per heavy atom. The number of carbonyl (C=O) groups is 1. The SMILES string of the molecule is CCOC(=O)Cc1csc(NN=Cc2ccc(CC(C)C)cc2)n1. The van der Waals surface area contributed by atoms with Gasteiger partial charge in [0, 0.05) is 5.38 Å². The van der Waals surface area contributed by atoms with Gasteiger partial charge in [0.2, 0.25) is 5.13 Å². The number of nitrogens with zero attached hydrogens (tertiary/aromatic N) is 2. The fourth-order valence-corrected chi connectivity index (χ4v) is 2.83. The van der Waals surface area contributed by atoms with Crippen LogP contribution in [0.1, 0.15) is 37.6 Å². The lowest BCUT2D eigenvalue weighted by Gasteiger charge is -2.04. The molecule has 0 atom stereocenters. The van der Waals surface area contributed by atoms with Crippen molar-refractivity contribution in [2.45, 2.75) is 33.6 Å². The number of hydrazone groups is 1. The summed E-state index contributed by atoms with van der Waals surface area (Å²) < 4.78 is 4.90. The van der Waals surface area contributed by atoms with Crippen LogP contribution >= 0.6 is 11.3 Å². The summed E-state index contributed by atoms with van der Waals surface area (Å²) in [6.07, 6.45) is 3.02. The highest BCUT2D eigenvalue weighted by Gasteiger charge is 2.07. The Morgan fingerprint density at radius 3 is 2.79 bits per heavy atom. The molecule has 0 bridgehead atoms. The van der Waals surface area contributed by atoms with E-state index in [9.17, 15) is 4.79 Å². The first-order valence-electron chi connectivity index (χ1n) is 8.05. The highest BCUT2D eigenvalue weighted by Crippen LogP contribution is 2.16. The molecule has 0 saturated heterocycles. The molecule has 0 aliphatic carbocycles. The van der Waals surface area contributed by atoms with Crippen LogP contribution in [0.3, 0.4) is 0 Å². The van der Waals surface area contributed by atoms with Crippen LogP contribution < -0.4 is 5.43 Å². The molecule has 0 saturated carbocycles. The lowest BCUT2D eigenvalue weighted by molar-refractivity contribution is -0.142. The molecule has 0 aliphatic heterocycles. The van der Waals surface area contributed by atoms with Crippen LogP contribution in [0.25, 0.3) is 0 Å². The van der Waals surface area contributed by atoms with Crippen molar-refractivity contribution in [1.82, 2.24) is 4.98 Å². The Hall–Kier alpha value is -2.21. The highest BCUT2D eigenvalue weighted by atomic mass is 32.1. The topological polar surface area (TPSA) is 63.6 Å². The van der Waals surface area contributed by atoms with Crippen molar-refractivity contribution < 1.29 is 9.53 Å². The predicted octanol–water partition coefficient (Wildman–Crippen LogP) is 3.89. The summed E-state index contributed by atoms with van der Waals surface area (Å²) in [5.41, 5.74) is 5.94. The normalized spacial score (nSPS) is 11.2. The molecule has 0 fully saturated rings. The Kier molecular flexibility index (Phi) is 6.93. The van der Waals surface area contributed by atoms with Crippen LogP contribution in [0.15, 0.2) is 34.7 Å². The van der Waals surface area contributed by atoms with E-state index in [1.807, 2.05) is 5.38 Å². The number of benzene rings is 1. The molecule has 0 aliphatic rings. The summed E-state index contributed by atoms with van der Waals surface area (Å²) in [7, 11) is 0. The molecule has 0 amide bonds. The molecule has 24 heavy (non-hydrogen) atoms. The van der Waals surface area contributed by atoms with E-state index in [-0.39, 0.29) is 12.4 Å². The minimum Gasteiger partial charge on any atom is -0.466 e. The number of anilines is 1. The Balaban J connectivity index is 1.85. The molecule has 2 rings (SSSR count). The zero-order valence-corrected chi connectivity index (χ0v) is 15.1. The van der Waals surface area contributed by atoms with Gasteiger partial charge in [-0.25, -0.2) is 4.98 Å². The maximum atomic E-state index is 11.4. The van der Waals surface area contributed by atoms with Gasteiger partial charge in [0.15, 0.2) is 0 Å². The third kappa shape index (κ3) is 6.12. The molecule has 0 spiro atoms. The second-order valence-electron chi connectivity index (χ2n) is 5.84. The number of ether oxygens (including phenoxy) is 1. The van der Waals surface area contributed by atoms with Gasteiger partial charge in [-0.05, 0) is 30.4 Å². The molecule has 6 heteroatoms. The van der Waals surface area contributed by atoms with Crippen LogP contribution in [-0.2, 0) is 22.4 Å². The van der Waals surface area contributed by atoms with Gasteiger partial charge >= 0.3 is 5.97 Å². The third-order valence-corrected chi connectivity index (χ3v) is 3.98. The molecule has 1 aromatic heterocycles. The van der Waals surface area contributed by atoms with Gasteiger partial charge in [0.1, 0.15) is 0 Å². The second-order valence-corrected chi connectivity index (χ2v) is 6.69. The highest BCUT2D eigenvalue weighted by molar-refractivity contribution is 7.13. The summed E-state index contributed by atoms with van der Waals surface area (Å²) in [4.78, 5) is 15.7. The molecule has 1 N–H and O–H groups in total. The standard InChI is InChI=1S/C18H23N3O2S/c1-4-23-17(22)10-16-12-24-18(20-16)21-19-11-15-7-5-14(6-8-15)9-13(2)3/h5-8,11-13H,4,9-10H2,1-3H3,(H,20,21). The average Bonchev–Trinajstić information content (AvgIpc) is 2.96. The van der Waals surface area contributed by atoms with Gasteiger partial charge in [-0.3, -0.25) is 10.2 Å². The van der Waals surface area contributed by atoms with E-state index >= 15 is 0 Å². The number of thiazole rings is 1. The molecule has 0 unspecified atom stereocenters. The van der Waals surface area contributed by atoms with E-state index in [1.165, 1.54) is 16.9 Å². The van der Waals surface area contributed by atoms with Crippen molar-refractivity contribution >= 4 is 28.7 Å². The van der Waals surface area contributed by atoms with Crippen LogP contribution in [-0.4, -0.2) is 23.8 Å². The quantitative estimate of drug-likeness (QED) is 0.448. The van der Waals surface area contributed by atoms with Crippen LogP contribution in [0, 0.1) is 5.92 Å². The number of rotatable bonds is 8. The zero-order chi connectivity index (χ0) is 17.4. The molecule has 1 heterocycles. The average molecular weight is 345 g/mol. The van der Waals surface area contributed by atoms with E-state index in [0.29, 0.717) is 23.4 Å². The number of hydrogen-bond donors (Lipinski definition) is 1. The number of nitrogens with one attached hydrogen (secondary N) is 1. The molecule has 2 aromatic rings. The van der Waals surface area contributed by atoms with Gasteiger partial charge in [-0.2, -0.15) is 5.10 Å². The van der Waals surface area contributed by atoms with Crippen molar-refractivity contribution in [2.24, 2.45) is 11.0 Å². The van der Waals surface area contributed by atoms with Crippen LogP contribution in [0.2, 0.25) is 0 Å². The molecule has 1 aromatic carbocycles. The van der Waals surface area contributed by atoms with Crippen LogP contribution in [0.4, 0.5) is 5.13 Å². The fraction of sp³-hybridized carbons (Fsp3) is 0.389. The number of aromatic nitrogens is 1. The molecule has 0 radical (unpaired) electrons. The lowest BCUT2D eigenvalue weighted by atomic mass is 10.0. The smallest absolute Gasteiger partial charge is 0.311 e. The van der Waals surface area contributed by atoms with Crippen molar-refractivity contribution in [3.8, 4) is 0 Å². The number of carbonyl (C=O) groups excluding carboxylic acids is 1. The summed E-state index contributed by atoms with van der Waals surface area (Å²) in [5, 5.41) is 6.67. The van der Waals surface area contributed by atoms with Crippen molar-refractivity contribution in [1.29, 1.82) is 0 Å². The summed E-state index contributed by atoms with van der Waals surface area (Å²) in [6, 6.07) is 8.36. The van der Waals surface area contributed by atoms with Gasteiger partial charge < -0.3 is 4.74 Å². The summed E-state index contributed by atoms with van der Waals surface area (Å²) in [5.74, 6) is 0.388. The Bertz CT molecular complexity index is 678. The fourth-order valence-electron chi connectivity index (χ4n) is 2.17. The zero-order valence-electron chi connectivity index (χ0n) is 14.3. The molecular weight excluding hydrogens is 322 g/mol. The van der Waals surface area contributed by atoms with Crippen molar-refractivity contribution in [3.63, 3.8) is 0 Å². The first-order valence-corrected chi connectivity index (χ1v) is 8.92. The van der Waals surface area contributed by atoms with Crippen LogP contribution in [0.5, 0.6) is 0 Å². The van der Waals surface area contributed by atoms with Gasteiger partial charge in [0.25, 0.3) is 0 Å². The maximum absolute atomic E-state index is 11.4. The Labute approximate surface area is 146 Å². The van der Waals surface area contributed by atoms with Gasteiger partial charge in [0.05, 0.1) is 24.9 Å². The van der Waals surface area contributed by atoms with E-state index in [1.54, 1.807) is 13.1 Å². The second kappa shape index (κ2) is 9.17. The number of hydrogen-bond acceptors (Lipinski definition) is 6. The lowest BCUT2D eigenvalue weighted by Crippen LogP contribution is -2.07. The first kappa shape index (κ1) is 18.1. The van der Waals surface area contributed by atoms with Crippen molar-refractivity contribution in [2.75, 3.05) is 12.0 Å². The monoisotopic (exact) mass is 345 g/mol. The summed E-state index contributed by atoms with van der Waals surface area (Å²) in [6.45, 7) is 6.59. The minimum atomic E-state index is -0.265. The molecule has 5 nitrogen and oxygen atoms in total. The van der Waals surface area contributed by atoms with Crippen molar-refractivity contribution in [3.05, 3.63) is 46.5 Å². The largest absolute Gasteiger partial charge is 0.466 e.